The van der Waals surface area contributed by atoms with Gasteiger partial charge in [-0.3, -0.25) is 19.3 Å². The molecule has 1 aliphatic carbocycles. The zero-order valence-corrected chi connectivity index (χ0v) is 17.1. The number of carbonyl (C=O) groups excluding carboxylic acids is 2. The number of likely N-dealkylation sites (N-methyl/N-ethyl adjacent to an activating group) is 1. The third-order valence-electron chi connectivity index (χ3n) is 5.22. The molecule has 1 aromatic rings. The van der Waals surface area contributed by atoms with Crippen molar-refractivity contribution in [2.45, 2.75) is 52.2 Å². The summed E-state index contributed by atoms with van der Waals surface area (Å²) in [6.07, 6.45) is 1.54. The largest absolute Gasteiger partial charge is 0.480 e. The molecule has 154 valence electrons. The first kappa shape index (κ1) is 21.9. The number of rotatable bonds is 9. The minimum absolute atomic E-state index is 0.0387. The van der Waals surface area contributed by atoms with Crippen molar-refractivity contribution in [3.8, 4) is 0 Å². The molecule has 0 radical (unpaired) electrons. The molecule has 1 saturated carbocycles. The lowest BCUT2D eigenvalue weighted by Crippen LogP contribution is -2.54. The van der Waals surface area contributed by atoms with Crippen LogP contribution in [0.3, 0.4) is 0 Å². The Morgan fingerprint density at radius 1 is 1.18 bits per heavy atom. The molecule has 1 aromatic carbocycles. The molecule has 0 saturated heterocycles. The topological polar surface area (TPSA) is 90.0 Å². The van der Waals surface area contributed by atoms with Gasteiger partial charge in [-0.2, -0.15) is 0 Å². The summed E-state index contributed by atoms with van der Waals surface area (Å²) in [6, 6.07) is 7.58. The summed E-state index contributed by atoms with van der Waals surface area (Å²) >= 11 is 0. The van der Waals surface area contributed by atoms with Gasteiger partial charge in [0.2, 0.25) is 5.91 Å². The standard InChI is InChI=1S/C21H31N3O4/c1-5-24(13-19(25)26)18-10-17(11-18)22-20(27)16-8-6-15(7-9-16)12-23(4)21(28)14(2)3/h6-9,14,17-18H,5,10-13H2,1-4H3,(H,22,27)(H,25,26). The van der Waals surface area contributed by atoms with Gasteiger partial charge in [0.1, 0.15) is 0 Å². The minimum Gasteiger partial charge on any atom is -0.480 e. The van der Waals surface area contributed by atoms with Crippen molar-refractivity contribution in [2.75, 3.05) is 20.1 Å². The van der Waals surface area contributed by atoms with Crippen LogP contribution in [0.4, 0.5) is 0 Å². The van der Waals surface area contributed by atoms with Crippen LogP contribution in [0.15, 0.2) is 24.3 Å². The molecule has 0 aliphatic heterocycles. The first-order valence-electron chi connectivity index (χ1n) is 9.81. The van der Waals surface area contributed by atoms with E-state index in [2.05, 4.69) is 5.32 Å². The number of nitrogens with one attached hydrogen (secondary N) is 1. The smallest absolute Gasteiger partial charge is 0.317 e. The summed E-state index contributed by atoms with van der Waals surface area (Å²) in [5, 5.41) is 12.0. The number of amides is 2. The number of aliphatic carboxylic acids is 1. The summed E-state index contributed by atoms with van der Waals surface area (Å²) < 4.78 is 0. The van der Waals surface area contributed by atoms with Gasteiger partial charge in [-0.05, 0) is 37.1 Å². The normalized spacial score (nSPS) is 18.6. The van der Waals surface area contributed by atoms with Gasteiger partial charge in [0.15, 0.2) is 0 Å². The van der Waals surface area contributed by atoms with E-state index >= 15 is 0 Å². The molecule has 0 bridgehead atoms. The van der Waals surface area contributed by atoms with Crippen molar-refractivity contribution in [1.29, 1.82) is 0 Å². The van der Waals surface area contributed by atoms with Gasteiger partial charge in [-0.1, -0.05) is 32.9 Å². The second-order valence-electron chi connectivity index (χ2n) is 7.80. The molecule has 0 spiro atoms. The molecule has 0 heterocycles. The van der Waals surface area contributed by atoms with Gasteiger partial charge in [-0.15, -0.1) is 0 Å². The van der Waals surface area contributed by atoms with Crippen LogP contribution in [0.25, 0.3) is 0 Å². The van der Waals surface area contributed by atoms with E-state index in [1.54, 1.807) is 24.1 Å². The summed E-state index contributed by atoms with van der Waals surface area (Å²) in [6.45, 7) is 6.93. The second kappa shape index (κ2) is 9.68. The summed E-state index contributed by atoms with van der Waals surface area (Å²) in [4.78, 5) is 38.9. The molecule has 1 fully saturated rings. The van der Waals surface area contributed by atoms with Gasteiger partial charge >= 0.3 is 5.97 Å². The van der Waals surface area contributed by atoms with Crippen LogP contribution < -0.4 is 5.32 Å². The van der Waals surface area contributed by atoms with Gasteiger partial charge in [-0.25, -0.2) is 0 Å². The van der Waals surface area contributed by atoms with E-state index < -0.39 is 5.97 Å². The highest BCUT2D eigenvalue weighted by molar-refractivity contribution is 5.94. The van der Waals surface area contributed by atoms with Crippen LogP contribution >= 0.6 is 0 Å². The highest BCUT2D eigenvalue weighted by Gasteiger charge is 2.34. The fourth-order valence-electron chi connectivity index (χ4n) is 3.50. The van der Waals surface area contributed by atoms with Crippen LogP contribution in [0, 0.1) is 5.92 Å². The monoisotopic (exact) mass is 389 g/mol. The first-order chi connectivity index (χ1) is 13.2. The first-order valence-corrected chi connectivity index (χ1v) is 9.81. The predicted molar refractivity (Wildman–Crippen MR) is 107 cm³/mol. The van der Waals surface area contributed by atoms with Crippen molar-refractivity contribution in [3.63, 3.8) is 0 Å². The van der Waals surface area contributed by atoms with Crippen LogP contribution in [0.5, 0.6) is 0 Å². The van der Waals surface area contributed by atoms with Crippen molar-refractivity contribution in [3.05, 3.63) is 35.4 Å². The highest BCUT2D eigenvalue weighted by Crippen LogP contribution is 2.26. The van der Waals surface area contributed by atoms with Crippen molar-refractivity contribution in [1.82, 2.24) is 15.1 Å². The molecule has 0 aromatic heterocycles. The zero-order chi connectivity index (χ0) is 20.8. The minimum atomic E-state index is -0.824. The van der Waals surface area contributed by atoms with E-state index in [9.17, 15) is 14.4 Å². The summed E-state index contributed by atoms with van der Waals surface area (Å²) in [5.41, 5.74) is 1.56. The van der Waals surface area contributed by atoms with Crippen LogP contribution in [0.1, 0.15) is 49.5 Å². The Morgan fingerprint density at radius 3 is 2.29 bits per heavy atom. The summed E-state index contributed by atoms with van der Waals surface area (Å²) in [5.74, 6) is -0.899. The van der Waals surface area contributed by atoms with Gasteiger partial charge in [0.05, 0.1) is 6.54 Å². The fraction of sp³-hybridized carbons (Fsp3) is 0.571. The average molecular weight is 389 g/mol. The Labute approximate surface area is 166 Å². The predicted octanol–water partition coefficient (Wildman–Crippen LogP) is 1.97. The molecule has 0 atom stereocenters. The van der Waals surface area contributed by atoms with Crippen LogP contribution in [0.2, 0.25) is 0 Å². The Morgan fingerprint density at radius 2 is 1.79 bits per heavy atom. The lowest BCUT2D eigenvalue weighted by Gasteiger charge is -2.42. The number of carboxylic acids is 1. The number of carboxylic acid groups (broad SMARTS) is 1. The fourth-order valence-corrected chi connectivity index (χ4v) is 3.50. The lowest BCUT2D eigenvalue weighted by molar-refractivity contribution is -0.139. The Kier molecular flexibility index (Phi) is 7.57. The maximum Gasteiger partial charge on any atom is 0.317 e. The van der Waals surface area contributed by atoms with E-state index in [-0.39, 0.29) is 36.4 Å². The van der Waals surface area contributed by atoms with Crippen LogP contribution in [-0.4, -0.2) is 64.9 Å². The third-order valence-corrected chi connectivity index (χ3v) is 5.22. The molecular formula is C21H31N3O4. The highest BCUT2D eigenvalue weighted by atomic mass is 16.4. The average Bonchev–Trinajstić information content (AvgIpc) is 2.62. The Hall–Kier alpha value is -2.41. The van der Waals surface area contributed by atoms with E-state index in [0.29, 0.717) is 18.7 Å². The summed E-state index contributed by atoms with van der Waals surface area (Å²) in [7, 11) is 1.78. The molecule has 2 rings (SSSR count). The Balaban J connectivity index is 1.82. The molecule has 2 N–H and O–H groups in total. The number of hydrogen-bond acceptors (Lipinski definition) is 4. The maximum absolute atomic E-state index is 12.4. The number of hydrogen-bond donors (Lipinski definition) is 2. The van der Waals surface area contributed by atoms with E-state index in [1.807, 2.05) is 37.8 Å². The second-order valence-corrected chi connectivity index (χ2v) is 7.80. The van der Waals surface area contributed by atoms with Crippen LogP contribution in [-0.2, 0) is 16.1 Å². The lowest BCUT2D eigenvalue weighted by atomic mass is 9.85. The molecule has 2 amide bonds. The van der Waals surface area contributed by atoms with Gasteiger partial charge in [0.25, 0.3) is 5.91 Å². The number of carbonyl (C=O) groups is 3. The maximum atomic E-state index is 12.4. The SMILES string of the molecule is CCN(CC(=O)O)C1CC(NC(=O)c2ccc(CN(C)C(=O)C(C)C)cc2)C1. The molecule has 28 heavy (non-hydrogen) atoms. The van der Waals surface area contributed by atoms with Crippen molar-refractivity contribution >= 4 is 17.8 Å². The van der Waals surface area contributed by atoms with E-state index in [4.69, 9.17) is 5.11 Å². The number of nitrogens with zero attached hydrogens (tertiary/aromatic N) is 2. The Bertz CT molecular complexity index is 696. The molecule has 7 heteroatoms. The molecular weight excluding hydrogens is 358 g/mol. The zero-order valence-electron chi connectivity index (χ0n) is 17.1. The van der Waals surface area contributed by atoms with E-state index in [1.165, 1.54) is 0 Å². The van der Waals surface area contributed by atoms with Crippen molar-refractivity contribution < 1.29 is 19.5 Å². The molecule has 0 unspecified atom stereocenters. The van der Waals surface area contributed by atoms with E-state index in [0.717, 1.165) is 18.4 Å². The van der Waals surface area contributed by atoms with Gasteiger partial charge < -0.3 is 15.3 Å². The molecule has 7 nitrogen and oxygen atoms in total. The van der Waals surface area contributed by atoms with Gasteiger partial charge in [0, 0.05) is 37.2 Å². The third kappa shape index (κ3) is 5.79. The molecule has 1 aliphatic rings. The quantitative estimate of drug-likeness (QED) is 0.674. The number of benzene rings is 1. The van der Waals surface area contributed by atoms with Crippen molar-refractivity contribution in [2.24, 2.45) is 5.92 Å².